The minimum Gasteiger partial charge on any atom is -0.366 e. The number of nitrogens with zero attached hydrogens (tertiary/aromatic N) is 1. The van der Waals surface area contributed by atoms with Crippen molar-refractivity contribution in [3.63, 3.8) is 0 Å². The van der Waals surface area contributed by atoms with Crippen LogP contribution in [-0.2, 0) is 0 Å². The van der Waals surface area contributed by atoms with E-state index in [0.29, 0.717) is 18.0 Å². The minimum atomic E-state index is 0.613. The van der Waals surface area contributed by atoms with E-state index >= 15 is 0 Å². The van der Waals surface area contributed by atoms with E-state index in [9.17, 15) is 0 Å². The molecular weight excluding hydrogens is 244 g/mol. The molecule has 1 fully saturated rings. The van der Waals surface area contributed by atoms with E-state index in [0.717, 1.165) is 13.1 Å². The number of nitrogens with one attached hydrogen (secondary N) is 1. The van der Waals surface area contributed by atoms with Crippen molar-refractivity contribution < 1.29 is 0 Å². The van der Waals surface area contributed by atoms with Crippen molar-refractivity contribution in [1.29, 1.82) is 0 Å². The first kappa shape index (κ1) is 15.4. The van der Waals surface area contributed by atoms with Gasteiger partial charge in [0.25, 0.3) is 0 Å². The zero-order chi connectivity index (χ0) is 14.5. The van der Waals surface area contributed by atoms with Gasteiger partial charge in [-0.1, -0.05) is 46.2 Å². The van der Waals surface area contributed by atoms with Crippen molar-refractivity contribution >= 4 is 5.69 Å². The van der Waals surface area contributed by atoms with Gasteiger partial charge in [0.2, 0.25) is 0 Å². The van der Waals surface area contributed by atoms with Gasteiger partial charge in [-0.2, -0.15) is 0 Å². The standard InChI is InChI=1S/C18H30N2/c1-5-7-16-13-20(17(6-2)12-19-16)18-10-8-15(9-11-18)14(3)4/h8-11,14,16-17,19H,5-7,12-13H2,1-4H3. The van der Waals surface area contributed by atoms with Crippen molar-refractivity contribution in [1.82, 2.24) is 5.32 Å². The van der Waals surface area contributed by atoms with Gasteiger partial charge >= 0.3 is 0 Å². The molecule has 2 atom stereocenters. The lowest BCUT2D eigenvalue weighted by molar-refractivity contribution is 0.369. The van der Waals surface area contributed by atoms with Gasteiger partial charge < -0.3 is 10.2 Å². The molecule has 0 spiro atoms. The number of anilines is 1. The Morgan fingerprint density at radius 3 is 2.45 bits per heavy atom. The zero-order valence-corrected chi connectivity index (χ0v) is 13.5. The molecule has 2 heteroatoms. The Kier molecular flexibility index (Phi) is 5.47. The summed E-state index contributed by atoms with van der Waals surface area (Å²) in [6.45, 7) is 11.3. The maximum atomic E-state index is 3.71. The molecule has 1 N–H and O–H groups in total. The molecule has 0 amide bonds. The molecule has 0 radical (unpaired) electrons. The molecule has 1 aromatic rings. The Bertz CT molecular complexity index is 396. The summed E-state index contributed by atoms with van der Waals surface area (Å²) < 4.78 is 0. The highest BCUT2D eigenvalue weighted by molar-refractivity contribution is 5.50. The predicted octanol–water partition coefficient (Wildman–Crippen LogP) is 4.17. The first-order valence-electron chi connectivity index (χ1n) is 8.25. The summed E-state index contributed by atoms with van der Waals surface area (Å²) in [5.41, 5.74) is 2.82. The molecule has 0 aliphatic carbocycles. The normalized spacial score (nSPS) is 23.4. The number of hydrogen-bond donors (Lipinski definition) is 1. The predicted molar refractivity (Wildman–Crippen MR) is 88.7 cm³/mol. The number of hydrogen-bond acceptors (Lipinski definition) is 2. The van der Waals surface area contributed by atoms with Gasteiger partial charge in [0.15, 0.2) is 0 Å². The Morgan fingerprint density at radius 1 is 1.20 bits per heavy atom. The first-order valence-corrected chi connectivity index (χ1v) is 8.25. The lowest BCUT2D eigenvalue weighted by Crippen LogP contribution is -2.56. The van der Waals surface area contributed by atoms with Crippen LogP contribution in [0.4, 0.5) is 5.69 Å². The van der Waals surface area contributed by atoms with Crippen molar-refractivity contribution in [2.45, 2.75) is 65.0 Å². The molecule has 0 saturated carbocycles. The maximum Gasteiger partial charge on any atom is 0.0412 e. The number of benzene rings is 1. The molecule has 1 heterocycles. The van der Waals surface area contributed by atoms with Crippen LogP contribution in [0.5, 0.6) is 0 Å². The van der Waals surface area contributed by atoms with Crippen LogP contribution in [0.1, 0.15) is 58.4 Å². The van der Waals surface area contributed by atoms with Crippen LogP contribution in [0.25, 0.3) is 0 Å². The fourth-order valence-electron chi connectivity index (χ4n) is 3.14. The van der Waals surface area contributed by atoms with E-state index in [1.807, 2.05) is 0 Å². The van der Waals surface area contributed by atoms with Gasteiger partial charge in [0, 0.05) is 30.9 Å². The van der Waals surface area contributed by atoms with Crippen LogP contribution < -0.4 is 10.2 Å². The Hall–Kier alpha value is -1.02. The molecule has 112 valence electrons. The van der Waals surface area contributed by atoms with E-state index in [-0.39, 0.29) is 0 Å². The average Bonchev–Trinajstić information content (AvgIpc) is 2.47. The Morgan fingerprint density at radius 2 is 1.90 bits per heavy atom. The van der Waals surface area contributed by atoms with E-state index < -0.39 is 0 Å². The van der Waals surface area contributed by atoms with E-state index in [4.69, 9.17) is 0 Å². The fraction of sp³-hybridized carbons (Fsp3) is 0.667. The highest BCUT2D eigenvalue weighted by Gasteiger charge is 2.26. The smallest absolute Gasteiger partial charge is 0.0412 e. The van der Waals surface area contributed by atoms with Crippen LogP contribution in [0.15, 0.2) is 24.3 Å². The van der Waals surface area contributed by atoms with Gasteiger partial charge in [0.05, 0.1) is 0 Å². The minimum absolute atomic E-state index is 0.613. The van der Waals surface area contributed by atoms with Crippen LogP contribution in [0.2, 0.25) is 0 Å². The van der Waals surface area contributed by atoms with Crippen LogP contribution >= 0.6 is 0 Å². The largest absolute Gasteiger partial charge is 0.366 e. The van der Waals surface area contributed by atoms with Gasteiger partial charge in [-0.05, 0) is 36.5 Å². The van der Waals surface area contributed by atoms with Crippen LogP contribution in [0.3, 0.4) is 0 Å². The lowest BCUT2D eigenvalue weighted by Gasteiger charge is -2.42. The summed E-state index contributed by atoms with van der Waals surface area (Å²) in [6, 6.07) is 10.5. The Labute approximate surface area is 124 Å². The van der Waals surface area contributed by atoms with Gasteiger partial charge in [0.1, 0.15) is 0 Å². The summed E-state index contributed by atoms with van der Waals surface area (Å²) in [7, 11) is 0. The third-order valence-electron chi connectivity index (χ3n) is 4.50. The highest BCUT2D eigenvalue weighted by atomic mass is 15.2. The molecule has 1 aromatic carbocycles. The van der Waals surface area contributed by atoms with E-state index in [1.165, 1.54) is 30.5 Å². The summed E-state index contributed by atoms with van der Waals surface area (Å²) >= 11 is 0. The van der Waals surface area contributed by atoms with Crippen molar-refractivity contribution in [3.8, 4) is 0 Å². The SMILES string of the molecule is CCCC1CN(c2ccc(C(C)C)cc2)C(CC)CN1. The second-order valence-electron chi connectivity index (χ2n) is 6.35. The van der Waals surface area contributed by atoms with Gasteiger partial charge in [-0.25, -0.2) is 0 Å². The molecule has 1 aliphatic rings. The molecule has 20 heavy (non-hydrogen) atoms. The molecule has 1 aliphatic heterocycles. The number of piperazine rings is 1. The third-order valence-corrected chi connectivity index (χ3v) is 4.50. The molecule has 2 nitrogen and oxygen atoms in total. The summed E-state index contributed by atoms with van der Waals surface area (Å²) in [5.74, 6) is 0.613. The Balaban J connectivity index is 2.13. The van der Waals surface area contributed by atoms with Crippen molar-refractivity contribution in [2.24, 2.45) is 0 Å². The zero-order valence-electron chi connectivity index (χ0n) is 13.5. The summed E-state index contributed by atoms with van der Waals surface area (Å²) in [4.78, 5) is 2.61. The van der Waals surface area contributed by atoms with Crippen LogP contribution in [0, 0.1) is 0 Å². The average molecular weight is 274 g/mol. The molecular formula is C18H30N2. The number of rotatable bonds is 5. The van der Waals surface area contributed by atoms with Gasteiger partial charge in [-0.15, -0.1) is 0 Å². The van der Waals surface area contributed by atoms with Crippen molar-refractivity contribution in [2.75, 3.05) is 18.0 Å². The first-order chi connectivity index (χ1) is 9.65. The second kappa shape index (κ2) is 7.12. The maximum absolute atomic E-state index is 3.71. The fourth-order valence-corrected chi connectivity index (χ4v) is 3.14. The molecule has 0 aromatic heterocycles. The third kappa shape index (κ3) is 3.54. The summed E-state index contributed by atoms with van der Waals surface area (Å²) in [5, 5.41) is 3.71. The van der Waals surface area contributed by atoms with Crippen molar-refractivity contribution in [3.05, 3.63) is 29.8 Å². The lowest BCUT2D eigenvalue weighted by atomic mass is 10.00. The quantitative estimate of drug-likeness (QED) is 0.867. The molecule has 1 saturated heterocycles. The highest BCUT2D eigenvalue weighted by Crippen LogP contribution is 2.25. The van der Waals surface area contributed by atoms with E-state index in [2.05, 4.69) is 62.2 Å². The molecule has 2 unspecified atom stereocenters. The summed E-state index contributed by atoms with van der Waals surface area (Å²) in [6.07, 6.45) is 3.74. The van der Waals surface area contributed by atoms with E-state index in [1.54, 1.807) is 0 Å². The topological polar surface area (TPSA) is 15.3 Å². The second-order valence-corrected chi connectivity index (χ2v) is 6.35. The molecule has 2 rings (SSSR count). The monoisotopic (exact) mass is 274 g/mol. The van der Waals surface area contributed by atoms with Gasteiger partial charge in [-0.3, -0.25) is 0 Å². The van der Waals surface area contributed by atoms with Crippen LogP contribution in [-0.4, -0.2) is 25.2 Å². The molecule has 0 bridgehead atoms.